The lowest BCUT2D eigenvalue weighted by Crippen LogP contribution is -2.11. The molecule has 0 fully saturated rings. The van der Waals surface area contributed by atoms with E-state index < -0.39 is 27.0 Å². The van der Waals surface area contributed by atoms with E-state index >= 15 is 0 Å². The highest BCUT2D eigenvalue weighted by Gasteiger charge is 2.37. The molecule has 0 amide bonds. The van der Waals surface area contributed by atoms with Crippen LogP contribution < -0.4 is 0 Å². The minimum absolute atomic E-state index is 0.130. The molecule has 0 radical (unpaired) electrons. The van der Waals surface area contributed by atoms with Crippen molar-refractivity contribution in [2.75, 3.05) is 0 Å². The number of halogens is 4. The van der Waals surface area contributed by atoms with Crippen LogP contribution >= 0.6 is 11.6 Å². The second-order valence-corrected chi connectivity index (χ2v) is 5.34. The van der Waals surface area contributed by atoms with Gasteiger partial charge in [-0.15, -0.1) is 0 Å². The molecule has 0 aliphatic carbocycles. The number of nitrogens with zero attached hydrogens (tertiary/aromatic N) is 3. The molecule has 0 aliphatic heterocycles. The molecule has 20 heavy (non-hydrogen) atoms. The van der Waals surface area contributed by atoms with E-state index in [0.29, 0.717) is 4.68 Å². The summed E-state index contributed by atoms with van der Waals surface area (Å²) in [5.41, 5.74) is -1.49. The summed E-state index contributed by atoms with van der Waals surface area (Å²) in [4.78, 5) is 3.64. The van der Waals surface area contributed by atoms with Crippen molar-refractivity contribution in [1.29, 1.82) is 0 Å². The third-order valence-electron chi connectivity index (χ3n) is 2.17. The predicted octanol–water partition coefficient (Wildman–Crippen LogP) is 2.19. The van der Waals surface area contributed by atoms with Crippen LogP contribution in [0.5, 0.6) is 0 Å². The fourth-order valence-corrected chi connectivity index (χ4v) is 2.18. The Kier molecular flexibility index (Phi) is 3.48. The Balaban J connectivity index is 2.76. The highest BCUT2D eigenvalue weighted by Crippen LogP contribution is 2.31. The molecular weight excluding hydrogens is 323 g/mol. The second-order valence-electron chi connectivity index (χ2n) is 3.56. The predicted molar refractivity (Wildman–Crippen MR) is 61.2 cm³/mol. The fraction of sp³-hybridized carbons (Fsp3) is 0.111. The van der Waals surface area contributed by atoms with E-state index in [1.54, 1.807) is 0 Å². The van der Waals surface area contributed by atoms with Gasteiger partial charge in [-0.25, -0.2) is 4.98 Å². The summed E-state index contributed by atoms with van der Waals surface area (Å²) in [6, 6.07) is 2.88. The average molecular weight is 328 g/mol. The first-order valence-corrected chi connectivity index (χ1v) is 6.68. The molecule has 0 aromatic carbocycles. The number of hydrogen-bond donors (Lipinski definition) is 1. The van der Waals surface area contributed by atoms with Gasteiger partial charge >= 0.3 is 16.3 Å². The first kappa shape index (κ1) is 14.8. The maximum absolute atomic E-state index is 12.6. The first-order valence-electron chi connectivity index (χ1n) is 4.86. The van der Waals surface area contributed by atoms with E-state index in [1.807, 2.05) is 0 Å². The highest BCUT2D eigenvalue weighted by atomic mass is 35.5. The molecule has 0 atom stereocenters. The summed E-state index contributed by atoms with van der Waals surface area (Å²) in [5.74, 6) is -0.350. The molecule has 1 N–H and O–H groups in total. The zero-order valence-electron chi connectivity index (χ0n) is 9.33. The lowest BCUT2D eigenvalue weighted by molar-refractivity contribution is -0.141. The van der Waals surface area contributed by atoms with Crippen molar-refractivity contribution in [3.63, 3.8) is 0 Å². The fourth-order valence-electron chi connectivity index (χ4n) is 1.37. The van der Waals surface area contributed by atoms with Crippen LogP contribution in [0.2, 0.25) is 5.02 Å². The van der Waals surface area contributed by atoms with Crippen molar-refractivity contribution in [2.45, 2.75) is 11.2 Å². The van der Waals surface area contributed by atoms with E-state index in [-0.39, 0.29) is 16.9 Å². The van der Waals surface area contributed by atoms with Gasteiger partial charge in [0, 0.05) is 12.3 Å². The molecule has 0 aliphatic rings. The minimum Gasteiger partial charge on any atom is -0.281 e. The summed E-state index contributed by atoms with van der Waals surface area (Å²) in [5, 5.41) is 1.88. The van der Waals surface area contributed by atoms with E-state index in [9.17, 15) is 21.6 Å². The maximum Gasteiger partial charge on any atom is 0.435 e. The molecule has 11 heteroatoms. The number of aromatic nitrogens is 3. The van der Waals surface area contributed by atoms with Gasteiger partial charge in [0.1, 0.15) is 0 Å². The monoisotopic (exact) mass is 327 g/mol. The van der Waals surface area contributed by atoms with Gasteiger partial charge in [-0.05, 0) is 12.1 Å². The van der Waals surface area contributed by atoms with Crippen molar-refractivity contribution in [3.8, 4) is 5.82 Å². The van der Waals surface area contributed by atoms with Crippen LogP contribution in [-0.2, 0) is 16.3 Å². The van der Waals surface area contributed by atoms with Crippen LogP contribution in [0.15, 0.2) is 29.4 Å². The molecule has 0 saturated heterocycles. The Morgan fingerprint density at radius 3 is 2.50 bits per heavy atom. The summed E-state index contributed by atoms with van der Waals surface area (Å²) < 4.78 is 69.3. The van der Waals surface area contributed by atoms with Gasteiger partial charge in [-0.2, -0.15) is 31.4 Å². The minimum atomic E-state index is -4.94. The van der Waals surface area contributed by atoms with E-state index in [2.05, 4.69) is 10.1 Å². The summed E-state index contributed by atoms with van der Waals surface area (Å²) in [7, 11) is -4.94. The Bertz CT molecular complexity index is 757. The van der Waals surface area contributed by atoms with Crippen LogP contribution in [0.25, 0.3) is 5.82 Å². The third-order valence-corrected chi connectivity index (χ3v) is 3.29. The van der Waals surface area contributed by atoms with Gasteiger partial charge in [0.25, 0.3) is 0 Å². The summed E-state index contributed by atoms with van der Waals surface area (Å²) in [6.07, 6.45) is -3.70. The zero-order valence-corrected chi connectivity index (χ0v) is 10.9. The van der Waals surface area contributed by atoms with E-state index in [4.69, 9.17) is 16.2 Å². The topological polar surface area (TPSA) is 85.1 Å². The van der Waals surface area contributed by atoms with Crippen LogP contribution in [0.3, 0.4) is 0 Å². The second kappa shape index (κ2) is 4.72. The standard InChI is InChI=1S/C9H5ClF3N3O3S/c10-5-2-1-3-14-8(5)16-7(20(17,18)19)4-6(15-16)9(11,12)13/h1-4H,(H,17,18,19). The summed E-state index contributed by atoms with van der Waals surface area (Å²) >= 11 is 5.72. The number of rotatable bonds is 2. The van der Waals surface area contributed by atoms with Crippen LogP contribution in [0.4, 0.5) is 13.2 Å². The van der Waals surface area contributed by atoms with Gasteiger partial charge in [0.05, 0.1) is 5.02 Å². The molecule has 2 rings (SSSR count). The van der Waals surface area contributed by atoms with Crippen LogP contribution in [0, 0.1) is 0 Å². The zero-order chi connectivity index (χ0) is 15.1. The van der Waals surface area contributed by atoms with Crippen molar-refractivity contribution in [1.82, 2.24) is 14.8 Å². The molecule has 0 spiro atoms. The largest absolute Gasteiger partial charge is 0.435 e. The van der Waals surface area contributed by atoms with Gasteiger partial charge in [0.2, 0.25) is 0 Å². The molecular formula is C9H5ClF3N3O3S. The SMILES string of the molecule is O=S(=O)(O)c1cc(C(F)(F)F)nn1-c1ncccc1Cl. The van der Waals surface area contributed by atoms with Gasteiger partial charge in [-0.1, -0.05) is 11.6 Å². The van der Waals surface area contributed by atoms with Crippen molar-refractivity contribution in [3.05, 3.63) is 35.1 Å². The number of hydrogen-bond acceptors (Lipinski definition) is 4. The lowest BCUT2D eigenvalue weighted by atomic mass is 10.4. The normalized spacial score (nSPS) is 12.7. The quantitative estimate of drug-likeness (QED) is 0.855. The number of alkyl halides is 3. The van der Waals surface area contributed by atoms with Crippen molar-refractivity contribution >= 4 is 21.7 Å². The lowest BCUT2D eigenvalue weighted by Gasteiger charge is -2.05. The smallest absolute Gasteiger partial charge is 0.281 e. The molecule has 108 valence electrons. The maximum atomic E-state index is 12.6. The van der Waals surface area contributed by atoms with Crippen LogP contribution in [0.1, 0.15) is 5.69 Å². The Hall–Kier alpha value is -1.65. The summed E-state index contributed by atoms with van der Waals surface area (Å²) in [6.45, 7) is 0. The van der Waals surface area contributed by atoms with Crippen molar-refractivity contribution in [2.24, 2.45) is 0 Å². The third kappa shape index (κ3) is 2.76. The van der Waals surface area contributed by atoms with Gasteiger partial charge in [-0.3, -0.25) is 4.55 Å². The molecule has 2 aromatic rings. The van der Waals surface area contributed by atoms with Gasteiger partial charge in [0.15, 0.2) is 16.5 Å². The molecule has 0 bridgehead atoms. The molecule has 6 nitrogen and oxygen atoms in total. The van der Waals surface area contributed by atoms with E-state index in [0.717, 1.165) is 0 Å². The highest BCUT2D eigenvalue weighted by molar-refractivity contribution is 7.85. The Morgan fingerprint density at radius 1 is 1.35 bits per heavy atom. The Morgan fingerprint density at radius 2 is 2.00 bits per heavy atom. The first-order chi connectivity index (χ1) is 9.10. The van der Waals surface area contributed by atoms with Gasteiger partial charge < -0.3 is 0 Å². The van der Waals surface area contributed by atoms with Crippen LogP contribution in [-0.4, -0.2) is 27.7 Å². The van der Waals surface area contributed by atoms with Crippen molar-refractivity contribution < 1.29 is 26.1 Å². The number of pyridine rings is 1. The van der Waals surface area contributed by atoms with E-state index in [1.165, 1.54) is 18.3 Å². The molecule has 0 unspecified atom stereocenters. The average Bonchev–Trinajstić information content (AvgIpc) is 2.73. The molecule has 2 aromatic heterocycles. The Labute approximate surface area is 115 Å². The molecule has 0 saturated carbocycles. The molecule has 2 heterocycles.